The molecule has 3 N–H and O–H groups in total. The van der Waals surface area contributed by atoms with Crippen LogP contribution in [0.1, 0.15) is 6.23 Å². The third-order valence-corrected chi connectivity index (χ3v) is 3.61. The number of aliphatic hydroxyl groups excluding tert-OH is 3. The van der Waals surface area contributed by atoms with E-state index in [2.05, 4.69) is 5.10 Å². The van der Waals surface area contributed by atoms with Crippen molar-refractivity contribution in [2.75, 3.05) is 6.61 Å². The smallest absolute Gasteiger partial charge is 0.179 e. The van der Waals surface area contributed by atoms with Gasteiger partial charge in [-0.3, -0.25) is 0 Å². The van der Waals surface area contributed by atoms with Crippen LogP contribution in [0.4, 0.5) is 0 Å². The van der Waals surface area contributed by atoms with Gasteiger partial charge in [-0.05, 0) is 12.1 Å². The van der Waals surface area contributed by atoms with Crippen LogP contribution in [0.5, 0.6) is 0 Å². The zero-order chi connectivity index (χ0) is 13.6. The summed E-state index contributed by atoms with van der Waals surface area (Å²) in [5, 5.41) is 34.0. The molecule has 1 aromatic carbocycles. The average molecular weight is 285 g/mol. The molecular formula is C12H13ClN2O4. The molecule has 0 aliphatic carbocycles. The minimum Gasteiger partial charge on any atom is -0.394 e. The van der Waals surface area contributed by atoms with Gasteiger partial charge in [-0.2, -0.15) is 5.10 Å². The van der Waals surface area contributed by atoms with Crippen molar-refractivity contribution in [3.8, 4) is 0 Å². The molecule has 2 heterocycles. The maximum Gasteiger partial charge on any atom is 0.179 e. The van der Waals surface area contributed by atoms with Gasteiger partial charge in [-0.1, -0.05) is 23.7 Å². The molecule has 1 aliphatic rings. The van der Waals surface area contributed by atoms with E-state index in [0.29, 0.717) is 10.7 Å². The number of ether oxygens (including phenoxy) is 1. The predicted molar refractivity (Wildman–Crippen MR) is 67.8 cm³/mol. The molecule has 7 heteroatoms. The van der Waals surface area contributed by atoms with E-state index in [1.807, 2.05) is 18.2 Å². The lowest BCUT2D eigenvalue weighted by atomic mass is 10.1. The fraction of sp³-hybridized carbons (Fsp3) is 0.417. The average Bonchev–Trinajstić information content (AvgIpc) is 2.90. The van der Waals surface area contributed by atoms with Gasteiger partial charge in [-0.25, -0.2) is 4.68 Å². The van der Waals surface area contributed by atoms with E-state index in [1.54, 1.807) is 6.07 Å². The highest BCUT2D eigenvalue weighted by Gasteiger charge is 2.44. The third kappa shape index (κ3) is 1.92. The lowest BCUT2D eigenvalue weighted by Gasteiger charge is -2.15. The maximum atomic E-state index is 9.99. The number of aromatic nitrogens is 2. The second-order valence-corrected chi connectivity index (χ2v) is 4.84. The number of aliphatic hydroxyl groups is 3. The Morgan fingerprint density at radius 1 is 1.26 bits per heavy atom. The monoisotopic (exact) mass is 284 g/mol. The molecule has 2 aromatic rings. The van der Waals surface area contributed by atoms with Crippen LogP contribution in [0.3, 0.4) is 0 Å². The van der Waals surface area contributed by atoms with E-state index in [4.69, 9.17) is 21.4 Å². The molecule has 1 fully saturated rings. The Balaban J connectivity index is 2.06. The molecule has 0 bridgehead atoms. The van der Waals surface area contributed by atoms with Crippen LogP contribution in [-0.4, -0.2) is 50.0 Å². The standard InChI is InChI=1S/C12H13ClN2O4/c13-11-6-3-1-2-4-7(6)15(14-11)12-10(18)9(17)8(5-16)19-12/h1-4,8-10,12,16-18H,5H2/t8-,9-,10-,12-/m1/s1. The highest BCUT2D eigenvalue weighted by molar-refractivity contribution is 6.34. The fourth-order valence-electron chi connectivity index (χ4n) is 2.33. The molecule has 0 saturated carbocycles. The summed E-state index contributed by atoms with van der Waals surface area (Å²) in [5.41, 5.74) is 0.697. The van der Waals surface area contributed by atoms with Crippen molar-refractivity contribution in [1.82, 2.24) is 9.78 Å². The molecule has 0 amide bonds. The number of hydrogen-bond donors (Lipinski definition) is 3. The summed E-state index contributed by atoms with van der Waals surface area (Å²) >= 11 is 6.03. The Hall–Kier alpha value is -1.18. The van der Waals surface area contributed by atoms with E-state index in [9.17, 15) is 10.2 Å². The summed E-state index contributed by atoms with van der Waals surface area (Å²) in [6.45, 7) is -0.373. The van der Waals surface area contributed by atoms with E-state index in [-0.39, 0.29) is 6.61 Å². The van der Waals surface area contributed by atoms with Gasteiger partial charge in [0.2, 0.25) is 0 Å². The Morgan fingerprint density at radius 2 is 2.00 bits per heavy atom. The van der Waals surface area contributed by atoms with Gasteiger partial charge >= 0.3 is 0 Å². The Bertz CT molecular complexity index is 602. The lowest BCUT2D eigenvalue weighted by molar-refractivity contribution is -0.0563. The minimum absolute atomic E-state index is 0.299. The van der Waals surface area contributed by atoms with Crippen molar-refractivity contribution in [1.29, 1.82) is 0 Å². The summed E-state index contributed by atoms with van der Waals surface area (Å²) in [6.07, 6.45) is -4.03. The van der Waals surface area contributed by atoms with Crippen molar-refractivity contribution >= 4 is 22.5 Å². The number of para-hydroxylation sites is 1. The molecule has 0 spiro atoms. The highest BCUT2D eigenvalue weighted by Crippen LogP contribution is 2.33. The summed E-state index contributed by atoms with van der Waals surface area (Å²) in [4.78, 5) is 0. The molecular weight excluding hydrogens is 272 g/mol. The van der Waals surface area contributed by atoms with Gasteiger partial charge < -0.3 is 20.1 Å². The lowest BCUT2D eigenvalue weighted by Crippen LogP contribution is -2.33. The molecule has 1 aliphatic heterocycles. The van der Waals surface area contributed by atoms with E-state index < -0.39 is 24.5 Å². The number of rotatable bonds is 2. The number of nitrogens with zero attached hydrogens (tertiary/aromatic N) is 2. The highest BCUT2D eigenvalue weighted by atomic mass is 35.5. The van der Waals surface area contributed by atoms with Gasteiger partial charge in [0.1, 0.15) is 18.3 Å². The molecule has 4 atom stereocenters. The van der Waals surface area contributed by atoms with Gasteiger partial charge in [0.05, 0.1) is 12.1 Å². The van der Waals surface area contributed by atoms with Crippen LogP contribution in [0.15, 0.2) is 24.3 Å². The molecule has 102 valence electrons. The van der Waals surface area contributed by atoms with Gasteiger partial charge in [0.15, 0.2) is 11.4 Å². The van der Waals surface area contributed by atoms with Gasteiger partial charge in [-0.15, -0.1) is 0 Å². The first-order valence-electron chi connectivity index (χ1n) is 5.88. The third-order valence-electron chi connectivity index (χ3n) is 3.33. The number of hydrogen-bond acceptors (Lipinski definition) is 5. The fourth-order valence-corrected chi connectivity index (χ4v) is 2.57. The SMILES string of the molecule is OC[C@H]1O[C@@H](n2nc(Cl)c3ccccc32)[C@H](O)[C@@H]1O. The first kappa shape index (κ1) is 12.8. The number of fused-ring (bicyclic) bond motifs is 1. The largest absolute Gasteiger partial charge is 0.394 e. The van der Waals surface area contributed by atoms with Crippen LogP contribution in [-0.2, 0) is 4.74 Å². The predicted octanol–water partition coefficient (Wildman–Crippen LogP) is 0.301. The van der Waals surface area contributed by atoms with Crippen molar-refractivity contribution in [2.24, 2.45) is 0 Å². The van der Waals surface area contributed by atoms with Crippen LogP contribution >= 0.6 is 11.6 Å². The van der Waals surface area contributed by atoms with Crippen LogP contribution in [0.25, 0.3) is 10.9 Å². The van der Waals surface area contributed by atoms with Crippen molar-refractivity contribution < 1.29 is 20.1 Å². The second kappa shape index (κ2) is 4.73. The van der Waals surface area contributed by atoms with Gasteiger partial charge in [0.25, 0.3) is 0 Å². The molecule has 1 aromatic heterocycles. The van der Waals surface area contributed by atoms with Crippen LogP contribution in [0.2, 0.25) is 5.15 Å². The molecule has 3 rings (SSSR count). The summed E-state index contributed by atoms with van der Waals surface area (Å²) in [7, 11) is 0. The van der Waals surface area contributed by atoms with Crippen molar-refractivity contribution in [3.63, 3.8) is 0 Å². The van der Waals surface area contributed by atoms with Crippen LogP contribution < -0.4 is 0 Å². The minimum atomic E-state index is -1.17. The van der Waals surface area contributed by atoms with E-state index in [0.717, 1.165) is 5.39 Å². The van der Waals surface area contributed by atoms with Gasteiger partial charge in [0, 0.05) is 5.39 Å². The summed E-state index contributed by atoms with van der Waals surface area (Å²) < 4.78 is 6.87. The maximum absolute atomic E-state index is 9.99. The normalized spacial score (nSPS) is 31.2. The molecule has 19 heavy (non-hydrogen) atoms. The molecule has 0 radical (unpaired) electrons. The molecule has 6 nitrogen and oxygen atoms in total. The Labute approximate surface area is 113 Å². The van der Waals surface area contributed by atoms with Crippen LogP contribution in [0, 0.1) is 0 Å². The van der Waals surface area contributed by atoms with Crippen molar-refractivity contribution in [3.05, 3.63) is 29.4 Å². The summed E-state index contributed by atoms with van der Waals surface area (Å²) in [6, 6.07) is 7.25. The Kier molecular flexibility index (Phi) is 3.20. The topological polar surface area (TPSA) is 87.7 Å². The van der Waals surface area contributed by atoms with E-state index in [1.165, 1.54) is 4.68 Å². The quantitative estimate of drug-likeness (QED) is 0.738. The number of benzene rings is 1. The van der Waals surface area contributed by atoms with Crippen molar-refractivity contribution in [2.45, 2.75) is 24.5 Å². The first-order chi connectivity index (χ1) is 9.13. The second-order valence-electron chi connectivity index (χ2n) is 4.48. The Morgan fingerprint density at radius 3 is 2.68 bits per heavy atom. The molecule has 1 saturated heterocycles. The first-order valence-corrected chi connectivity index (χ1v) is 6.26. The zero-order valence-corrected chi connectivity index (χ0v) is 10.6. The molecule has 0 unspecified atom stereocenters. The number of halogens is 1. The summed E-state index contributed by atoms with van der Waals surface area (Å²) in [5.74, 6) is 0. The van der Waals surface area contributed by atoms with E-state index >= 15 is 0 Å². The zero-order valence-electron chi connectivity index (χ0n) is 9.85.